The zero-order chi connectivity index (χ0) is 17.4. The predicted molar refractivity (Wildman–Crippen MR) is 100 cm³/mol. The molecule has 6 heteroatoms. The quantitative estimate of drug-likeness (QED) is 0.483. The average molecular weight is 354 g/mol. The van der Waals surface area contributed by atoms with Crippen molar-refractivity contribution in [1.82, 2.24) is 9.97 Å². The Kier molecular flexibility index (Phi) is 4.00. The third-order valence-electron chi connectivity index (χ3n) is 4.66. The number of H-pyrrole nitrogens is 2. The minimum absolute atomic E-state index is 0.533. The van der Waals surface area contributed by atoms with Crippen LogP contribution in [0, 0.1) is 0 Å². The normalized spacial score (nSPS) is 12.4. The molecule has 4 rings (SSSR count). The van der Waals surface area contributed by atoms with Crippen molar-refractivity contribution in [2.24, 2.45) is 0 Å². The highest BCUT2D eigenvalue weighted by atomic mass is 31.2. The smallest absolute Gasteiger partial charge is 0.342 e. The molecule has 0 fully saturated rings. The average Bonchev–Trinajstić information content (AvgIpc) is 3.27. The largest absolute Gasteiger partial charge is 0.361 e. The van der Waals surface area contributed by atoms with E-state index in [9.17, 15) is 4.57 Å². The molecule has 25 heavy (non-hydrogen) atoms. The lowest BCUT2D eigenvalue weighted by molar-refractivity contribution is 0.270. The lowest BCUT2D eigenvalue weighted by Gasteiger charge is -2.24. The molecule has 0 aliphatic rings. The molecule has 0 spiro atoms. The van der Waals surface area contributed by atoms with Gasteiger partial charge >= 0.3 is 7.60 Å². The summed E-state index contributed by atoms with van der Waals surface area (Å²) in [6.07, 6.45) is 3.78. The molecule has 0 amide bonds. The molecule has 2 N–H and O–H groups in total. The van der Waals surface area contributed by atoms with Gasteiger partial charge in [-0.15, -0.1) is 0 Å². The Bertz CT molecular complexity index is 1000. The zero-order valence-electron chi connectivity index (χ0n) is 14.0. The van der Waals surface area contributed by atoms with Gasteiger partial charge in [0.15, 0.2) is 0 Å². The highest BCUT2D eigenvalue weighted by Crippen LogP contribution is 2.64. The second-order valence-corrected chi connectivity index (χ2v) is 8.21. The van der Waals surface area contributed by atoms with Gasteiger partial charge in [0, 0.05) is 48.4 Å². The maximum Gasteiger partial charge on any atom is 0.342 e. The maximum atomic E-state index is 13.5. The molecule has 4 aromatic rings. The third kappa shape index (κ3) is 2.52. The predicted octanol–water partition coefficient (Wildman–Crippen LogP) is 5.22. The second-order valence-electron chi connectivity index (χ2n) is 5.89. The first-order valence-electron chi connectivity index (χ1n) is 8.01. The third-order valence-corrected chi connectivity index (χ3v) is 6.86. The molecule has 128 valence electrons. The molecule has 0 bridgehead atoms. The standard InChI is InChI=1S/C19H19N2O3P/c1-23-25(22,24-2)19(15-11-20-17-9-5-3-7-13(15)17)16-12-21-18-10-6-4-8-14(16)18/h3-12,19-21H,1-2H3. The molecular weight excluding hydrogens is 335 g/mol. The number of hydrogen-bond donors (Lipinski definition) is 2. The first-order valence-corrected chi connectivity index (χ1v) is 9.62. The summed E-state index contributed by atoms with van der Waals surface area (Å²) in [7, 11) is -0.554. The number of nitrogens with one attached hydrogen (secondary N) is 2. The van der Waals surface area contributed by atoms with Crippen molar-refractivity contribution < 1.29 is 13.6 Å². The summed E-state index contributed by atoms with van der Waals surface area (Å²) in [6, 6.07) is 15.9. The number of rotatable bonds is 5. The molecule has 2 heterocycles. The topological polar surface area (TPSA) is 67.1 Å². The van der Waals surface area contributed by atoms with E-state index in [2.05, 4.69) is 9.97 Å². The maximum absolute atomic E-state index is 13.5. The van der Waals surface area contributed by atoms with Gasteiger partial charge in [0.25, 0.3) is 0 Å². The van der Waals surface area contributed by atoms with Gasteiger partial charge in [-0.05, 0) is 23.3 Å². The summed E-state index contributed by atoms with van der Waals surface area (Å²) in [5, 5.41) is 2.01. The van der Waals surface area contributed by atoms with Crippen LogP contribution in [0.1, 0.15) is 16.8 Å². The molecule has 5 nitrogen and oxygen atoms in total. The minimum Gasteiger partial charge on any atom is -0.361 e. The fourth-order valence-corrected chi connectivity index (χ4v) is 5.11. The van der Waals surface area contributed by atoms with Gasteiger partial charge in [0.05, 0.1) is 0 Å². The minimum atomic E-state index is -3.42. The fourth-order valence-electron chi connectivity index (χ4n) is 3.43. The highest BCUT2D eigenvalue weighted by Gasteiger charge is 2.39. The summed E-state index contributed by atoms with van der Waals surface area (Å²) in [5.74, 6) is 0. The Morgan fingerprint density at radius 1 is 0.800 bits per heavy atom. The van der Waals surface area contributed by atoms with Crippen LogP contribution < -0.4 is 0 Å². The summed E-state index contributed by atoms with van der Waals surface area (Å²) >= 11 is 0. The van der Waals surface area contributed by atoms with Crippen molar-refractivity contribution in [2.45, 2.75) is 5.66 Å². The van der Waals surface area contributed by atoms with Crippen molar-refractivity contribution in [1.29, 1.82) is 0 Å². The van der Waals surface area contributed by atoms with Gasteiger partial charge in [-0.25, -0.2) is 0 Å². The van der Waals surface area contributed by atoms with Crippen LogP contribution in [0.25, 0.3) is 21.8 Å². The molecule has 2 aromatic heterocycles. The van der Waals surface area contributed by atoms with Gasteiger partial charge in [-0.3, -0.25) is 4.57 Å². The van der Waals surface area contributed by atoms with Crippen molar-refractivity contribution in [2.75, 3.05) is 14.2 Å². The van der Waals surface area contributed by atoms with Gasteiger partial charge < -0.3 is 19.0 Å². The number of aromatic amines is 2. The van der Waals surface area contributed by atoms with Crippen molar-refractivity contribution in [3.05, 3.63) is 72.1 Å². The van der Waals surface area contributed by atoms with E-state index in [1.807, 2.05) is 60.9 Å². The highest BCUT2D eigenvalue weighted by molar-refractivity contribution is 7.54. The van der Waals surface area contributed by atoms with Crippen LogP contribution in [-0.4, -0.2) is 24.2 Å². The number of hydrogen-bond acceptors (Lipinski definition) is 3. The first kappa shape index (κ1) is 16.2. The van der Waals surface area contributed by atoms with Crippen molar-refractivity contribution in [3.8, 4) is 0 Å². The van der Waals surface area contributed by atoms with E-state index >= 15 is 0 Å². The lowest BCUT2D eigenvalue weighted by atomic mass is 10.0. The Balaban J connectivity index is 2.02. The van der Waals surface area contributed by atoms with Crippen LogP contribution in [0.4, 0.5) is 0 Å². The molecule has 2 aromatic carbocycles. The molecule has 0 unspecified atom stereocenters. The molecule has 0 atom stereocenters. The van der Waals surface area contributed by atoms with E-state index in [-0.39, 0.29) is 0 Å². The van der Waals surface area contributed by atoms with Gasteiger partial charge in [-0.2, -0.15) is 0 Å². The van der Waals surface area contributed by atoms with E-state index in [1.54, 1.807) is 0 Å². The fraction of sp³-hybridized carbons (Fsp3) is 0.158. The van der Waals surface area contributed by atoms with E-state index in [0.717, 1.165) is 32.9 Å². The number of para-hydroxylation sites is 2. The monoisotopic (exact) mass is 354 g/mol. The molecule has 0 aliphatic carbocycles. The molecule has 0 aliphatic heterocycles. The Hall–Kier alpha value is -2.33. The molecule has 0 saturated carbocycles. The van der Waals surface area contributed by atoms with Crippen LogP contribution >= 0.6 is 7.60 Å². The Morgan fingerprint density at radius 3 is 1.68 bits per heavy atom. The second kappa shape index (κ2) is 6.19. The van der Waals surface area contributed by atoms with E-state index in [1.165, 1.54) is 14.2 Å². The van der Waals surface area contributed by atoms with Crippen LogP contribution in [0.5, 0.6) is 0 Å². The van der Waals surface area contributed by atoms with Crippen molar-refractivity contribution in [3.63, 3.8) is 0 Å². The summed E-state index contributed by atoms with van der Waals surface area (Å²) in [6.45, 7) is 0. The Labute approximate surface area is 145 Å². The molecular formula is C19H19N2O3P. The van der Waals surface area contributed by atoms with E-state index in [0.29, 0.717) is 0 Å². The SMILES string of the molecule is COP(=O)(OC)C(c1c[nH]c2ccccc12)c1c[nH]c2ccccc12. The van der Waals surface area contributed by atoms with Gasteiger partial charge in [0.1, 0.15) is 5.66 Å². The Morgan fingerprint density at radius 2 is 1.24 bits per heavy atom. The molecule has 0 radical (unpaired) electrons. The summed E-state index contributed by atoms with van der Waals surface area (Å²) < 4.78 is 24.3. The van der Waals surface area contributed by atoms with E-state index in [4.69, 9.17) is 9.05 Å². The number of fused-ring (bicyclic) bond motifs is 2. The number of aromatic nitrogens is 2. The first-order chi connectivity index (χ1) is 12.2. The van der Waals surface area contributed by atoms with Crippen LogP contribution in [0.2, 0.25) is 0 Å². The van der Waals surface area contributed by atoms with Crippen LogP contribution in [-0.2, 0) is 13.6 Å². The van der Waals surface area contributed by atoms with E-state index < -0.39 is 13.3 Å². The van der Waals surface area contributed by atoms with Crippen LogP contribution in [0.3, 0.4) is 0 Å². The zero-order valence-corrected chi connectivity index (χ0v) is 14.9. The lowest BCUT2D eigenvalue weighted by Crippen LogP contribution is -2.05. The van der Waals surface area contributed by atoms with Gasteiger partial charge in [0.2, 0.25) is 0 Å². The summed E-state index contributed by atoms with van der Waals surface area (Å²) in [4.78, 5) is 6.51. The summed E-state index contributed by atoms with van der Waals surface area (Å²) in [5.41, 5.74) is 3.23. The van der Waals surface area contributed by atoms with Crippen LogP contribution in [0.15, 0.2) is 60.9 Å². The van der Waals surface area contributed by atoms with Crippen molar-refractivity contribution >= 4 is 29.4 Å². The number of benzene rings is 2. The van der Waals surface area contributed by atoms with Gasteiger partial charge in [-0.1, -0.05) is 36.4 Å². The molecule has 0 saturated heterocycles.